The van der Waals surface area contributed by atoms with Crippen LogP contribution in [0.15, 0.2) is 35.9 Å². The van der Waals surface area contributed by atoms with Gasteiger partial charge in [0.25, 0.3) is 0 Å². The largest absolute Gasteiger partial charge is 0.497 e. The van der Waals surface area contributed by atoms with E-state index in [1.54, 1.807) is 20.1 Å². The van der Waals surface area contributed by atoms with Gasteiger partial charge < -0.3 is 14.6 Å². The van der Waals surface area contributed by atoms with Crippen LogP contribution in [0.25, 0.3) is 0 Å². The zero-order valence-corrected chi connectivity index (χ0v) is 12.6. The first-order valence-corrected chi connectivity index (χ1v) is 7.18. The smallest absolute Gasteiger partial charge is 0.158 e. The van der Waals surface area contributed by atoms with Crippen molar-refractivity contribution < 1.29 is 19.4 Å². The van der Waals surface area contributed by atoms with E-state index in [9.17, 15) is 9.90 Å². The Morgan fingerprint density at radius 1 is 1.29 bits per heavy atom. The van der Waals surface area contributed by atoms with E-state index in [2.05, 4.69) is 0 Å². The maximum Gasteiger partial charge on any atom is 0.158 e. The summed E-state index contributed by atoms with van der Waals surface area (Å²) in [4.78, 5) is 11.8. The lowest BCUT2D eigenvalue weighted by molar-refractivity contribution is -0.117. The molecule has 0 spiro atoms. The first-order chi connectivity index (χ1) is 10.00. The fraction of sp³-hybridized carbons (Fsp3) is 0.471. The maximum atomic E-state index is 11.8. The molecule has 0 saturated carbocycles. The zero-order valence-electron chi connectivity index (χ0n) is 12.6. The van der Waals surface area contributed by atoms with Crippen molar-refractivity contribution >= 4 is 5.78 Å². The average molecular weight is 290 g/mol. The minimum absolute atomic E-state index is 0.120. The van der Waals surface area contributed by atoms with Crippen LogP contribution >= 0.6 is 0 Å². The monoisotopic (exact) mass is 290 g/mol. The molecular weight excluding hydrogens is 268 g/mol. The average Bonchev–Trinajstić information content (AvgIpc) is 2.47. The summed E-state index contributed by atoms with van der Waals surface area (Å²) < 4.78 is 10.7. The summed E-state index contributed by atoms with van der Waals surface area (Å²) >= 11 is 0. The summed E-state index contributed by atoms with van der Waals surface area (Å²) in [6.07, 6.45) is 3.14. The number of Topliss-reactive ketones (excluding diaryl/α,β-unsaturated/α-hetero) is 1. The molecule has 0 amide bonds. The van der Waals surface area contributed by atoms with Gasteiger partial charge in [-0.25, -0.2) is 0 Å². The summed E-state index contributed by atoms with van der Waals surface area (Å²) in [6.45, 7) is 2.71. The van der Waals surface area contributed by atoms with Crippen LogP contribution in [0.1, 0.15) is 31.7 Å². The molecule has 0 aliphatic heterocycles. The molecule has 0 heterocycles. The van der Waals surface area contributed by atoms with Gasteiger partial charge in [-0.2, -0.15) is 0 Å². The van der Waals surface area contributed by atoms with E-state index in [4.69, 9.17) is 9.47 Å². The van der Waals surface area contributed by atoms with Crippen LogP contribution in [0.4, 0.5) is 0 Å². The van der Waals surface area contributed by atoms with Crippen LogP contribution in [0.5, 0.6) is 5.75 Å². The molecule has 1 N–H and O–H groups in total. The third-order valence-corrected chi connectivity index (χ3v) is 3.65. The molecule has 21 heavy (non-hydrogen) atoms. The Hall–Kier alpha value is -1.65. The molecule has 0 fully saturated rings. The third-order valence-electron chi connectivity index (χ3n) is 3.65. The summed E-state index contributed by atoms with van der Waals surface area (Å²) in [5.41, 5.74) is 0.881. The number of hydrogen-bond acceptors (Lipinski definition) is 4. The quantitative estimate of drug-likeness (QED) is 0.818. The Morgan fingerprint density at radius 2 is 2.00 bits per heavy atom. The lowest BCUT2D eigenvalue weighted by atomic mass is 9.86. The molecule has 114 valence electrons. The van der Waals surface area contributed by atoms with E-state index in [-0.39, 0.29) is 5.78 Å². The number of carbonyl (C=O) groups is 1. The van der Waals surface area contributed by atoms with Gasteiger partial charge in [0.05, 0.1) is 25.9 Å². The SMILES string of the molecule is COc1ccc(COCCC2=C[C@](C)(O)CCC2=O)cc1. The van der Waals surface area contributed by atoms with Gasteiger partial charge in [-0.15, -0.1) is 0 Å². The van der Waals surface area contributed by atoms with Crippen molar-refractivity contribution in [2.75, 3.05) is 13.7 Å². The minimum Gasteiger partial charge on any atom is -0.497 e. The van der Waals surface area contributed by atoms with E-state index < -0.39 is 5.60 Å². The fourth-order valence-electron chi connectivity index (χ4n) is 2.36. The molecule has 4 nitrogen and oxygen atoms in total. The van der Waals surface area contributed by atoms with E-state index in [1.807, 2.05) is 24.3 Å². The predicted molar refractivity (Wildman–Crippen MR) is 80.2 cm³/mol. The van der Waals surface area contributed by atoms with Gasteiger partial charge in [0.15, 0.2) is 5.78 Å². The number of aliphatic hydroxyl groups is 1. The topological polar surface area (TPSA) is 55.8 Å². The molecule has 1 aromatic rings. The van der Waals surface area contributed by atoms with Crippen molar-refractivity contribution in [2.45, 2.75) is 38.4 Å². The van der Waals surface area contributed by atoms with Crippen molar-refractivity contribution in [1.29, 1.82) is 0 Å². The third kappa shape index (κ3) is 4.69. The van der Waals surface area contributed by atoms with Crippen LogP contribution in [-0.2, 0) is 16.1 Å². The normalized spacial score (nSPS) is 22.0. The Labute approximate surface area is 125 Å². The van der Waals surface area contributed by atoms with Crippen LogP contribution < -0.4 is 4.74 Å². The van der Waals surface area contributed by atoms with E-state index in [0.29, 0.717) is 38.0 Å². The van der Waals surface area contributed by atoms with Gasteiger partial charge in [0, 0.05) is 6.42 Å². The molecule has 0 unspecified atom stereocenters. The lowest BCUT2D eigenvalue weighted by Crippen LogP contribution is -2.28. The molecule has 1 atom stereocenters. The summed E-state index contributed by atoms with van der Waals surface area (Å²) in [5, 5.41) is 9.97. The van der Waals surface area contributed by atoms with Crippen molar-refractivity contribution in [3.8, 4) is 5.75 Å². The first-order valence-electron chi connectivity index (χ1n) is 7.18. The summed E-state index contributed by atoms with van der Waals surface area (Å²) in [6, 6.07) is 7.69. The number of benzene rings is 1. The molecule has 1 aromatic carbocycles. The number of ether oxygens (including phenoxy) is 2. The van der Waals surface area contributed by atoms with E-state index >= 15 is 0 Å². The Bertz CT molecular complexity index is 514. The second kappa shape index (κ2) is 6.87. The maximum absolute atomic E-state index is 11.8. The van der Waals surface area contributed by atoms with Crippen LogP contribution in [0.3, 0.4) is 0 Å². The van der Waals surface area contributed by atoms with Crippen molar-refractivity contribution in [1.82, 2.24) is 0 Å². The highest BCUT2D eigenvalue weighted by molar-refractivity contribution is 5.96. The number of hydrogen-bond donors (Lipinski definition) is 1. The molecule has 0 saturated heterocycles. The molecule has 0 aromatic heterocycles. The summed E-state index contributed by atoms with van der Waals surface area (Å²) in [5.74, 6) is 0.938. The lowest BCUT2D eigenvalue weighted by Gasteiger charge is -2.25. The number of methoxy groups -OCH3 is 1. The van der Waals surface area contributed by atoms with Gasteiger partial charge in [-0.05, 0) is 49.1 Å². The highest BCUT2D eigenvalue weighted by atomic mass is 16.5. The first kappa shape index (κ1) is 15.7. The van der Waals surface area contributed by atoms with Crippen LogP contribution in [-0.4, -0.2) is 30.2 Å². The standard InChI is InChI=1S/C17H22O4/c1-17(19)9-7-16(18)14(11-17)8-10-21-12-13-3-5-15(20-2)6-4-13/h3-6,11,19H,7-10,12H2,1-2H3/t17-/m1/s1. The van der Waals surface area contributed by atoms with Gasteiger partial charge >= 0.3 is 0 Å². The molecule has 0 bridgehead atoms. The zero-order chi connectivity index (χ0) is 15.3. The Morgan fingerprint density at radius 3 is 2.67 bits per heavy atom. The van der Waals surface area contributed by atoms with Crippen LogP contribution in [0, 0.1) is 0 Å². The number of carbonyl (C=O) groups excluding carboxylic acids is 1. The van der Waals surface area contributed by atoms with E-state index in [0.717, 1.165) is 11.3 Å². The summed E-state index contributed by atoms with van der Waals surface area (Å²) in [7, 11) is 1.63. The van der Waals surface area contributed by atoms with E-state index in [1.165, 1.54) is 0 Å². The molecular formula is C17H22O4. The Balaban J connectivity index is 1.78. The second-order valence-electron chi connectivity index (χ2n) is 5.60. The fourth-order valence-corrected chi connectivity index (χ4v) is 2.36. The minimum atomic E-state index is -0.862. The van der Waals surface area contributed by atoms with Gasteiger partial charge in [-0.3, -0.25) is 4.79 Å². The van der Waals surface area contributed by atoms with Gasteiger partial charge in [-0.1, -0.05) is 12.1 Å². The van der Waals surface area contributed by atoms with Gasteiger partial charge in [0.1, 0.15) is 5.75 Å². The number of rotatable bonds is 6. The molecule has 1 aliphatic carbocycles. The molecule has 0 radical (unpaired) electrons. The van der Waals surface area contributed by atoms with Crippen molar-refractivity contribution in [3.63, 3.8) is 0 Å². The predicted octanol–water partition coefficient (Wildman–Crippen LogP) is 2.64. The highest BCUT2D eigenvalue weighted by Crippen LogP contribution is 2.25. The highest BCUT2D eigenvalue weighted by Gasteiger charge is 2.27. The second-order valence-corrected chi connectivity index (χ2v) is 5.60. The molecule has 1 aliphatic rings. The number of ketones is 1. The van der Waals surface area contributed by atoms with Crippen molar-refractivity contribution in [3.05, 3.63) is 41.5 Å². The van der Waals surface area contributed by atoms with Crippen LogP contribution in [0.2, 0.25) is 0 Å². The molecule has 2 rings (SSSR count). The Kier molecular flexibility index (Phi) is 5.15. The van der Waals surface area contributed by atoms with Gasteiger partial charge in [0.2, 0.25) is 0 Å². The van der Waals surface area contributed by atoms with Crippen molar-refractivity contribution in [2.24, 2.45) is 0 Å². The molecule has 4 heteroatoms.